The van der Waals surface area contributed by atoms with Gasteiger partial charge in [-0.3, -0.25) is 4.79 Å². The van der Waals surface area contributed by atoms with Gasteiger partial charge in [-0.15, -0.1) is 0 Å². The smallest absolute Gasteiger partial charge is 0.312 e. The molecule has 0 fully saturated rings. The Morgan fingerprint density at radius 1 is 1.24 bits per heavy atom. The number of benzene rings is 1. The fourth-order valence-electron chi connectivity index (χ4n) is 3.23. The molecule has 0 aliphatic carbocycles. The summed E-state index contributed by atoms with van der Waals surface area (Å²) in [5, 5.41) is 15.2. The first-order chi connectivity index (χ1) is 13.9. The molecule has 29 heavy (non-hydrogen) atoms. The molecule has 2 atom stereocenters. The highest BCUT2D eigenvalue weighted by Gasteiger charge is 2.43. The second kappa shape index (κ2) is 11.0. The Morgan fingerprint density at radius 2 is 1.97 bits per heavy atom. The summed E-state index contributed by atoms with van der Waals surface area (Å²) >= 11 is 0. The van der Waals surface area contributed by atoms with Crippen LogP contribution in [0.3, 0.4) is 0 Å². The van der Waals surface area contributed by atoms with Gasteiger partial charge in [-0.1, -0.05) is 45.1 Å². The van der Waals surface area contributed by atoms with E-state index in [1.807, 2.05) is 0 Å². The van der Waals surface area contributed by atoms with Crippen LogP contribution in [0, 0.1) is 17.6 Å². The summed E-state index contributed by atoms with van der Waals surface area (Å²) in [4.78, 5) is 16.4. The Labute approximate surface area is 169 Å². The van der Waals surface area contributed by atoms with Gasteiger partial charge in [0, 0.05) is 11.6 Å². The molecule has 0 saturated heterocycles. The summed E-state index contributed by atoms with van der Waals surface area (Å²) in [6.45, 7) is 3.61. The molecule has 1 aromatic heterocycles. The molecule has 1 aromatic carbocycles. The second-order valence-electron chi connectivity index (χ2n) is 7.30. The van der Waals surface area contributed by atoms with Crippen molar-refractivity contribution in [2.45, 2.75) is 64.5 Å². The summed E-state index contributed by atoms with van der Waals surface area (Å²) in [6, 6.07) is 2.86. The van der Waals surface area contributed by atoms with Gasteiger partial charge in [-0.2, -0.15) is 5.10 Å². The first kappa shape index (κ1) is 22.9. The molecule has 0 spiro atoms. The highest BCUT2D eigenvalue weighted by Crippen LogP contribution is 2.34. The number of carbonyl (C=O) groups is 1. The molecule has 1 heterocycles. The minimum Gasteiger partial charge on any atom is -0.465 e. The number of halogens is 2. The average molecular weight is 409 g/mol. The summed E-state index contributed by atoms with van der Waals surface area (Å²) in [6.07, 6.45) is 8.89. The fourth-order valence-corrected chi connectivity index (χ4v) is 3.23. The van der Waals surface area contributed by atoms with Crippen molar-refractivity contribution in [1.82, 2.24) is 14.8 Å². The van der Waals surface area contributed by atoms with Crippen LogP contribution in [0.15, 0.2) is 30.9 Å². The molecule has 0 aliphatic rings. The number of rotatable bonds is 12. The predicted octanol–water partition coefficient (Wildman–Crippen LogP) is 3.98. The van der Waals surface area contributed by atoms with Crippen LogP contribution >= 0.6 is 0 Å². The minimum absolute atomic E-state index is 0.196. The topological polar surface area (TPSA) is 77.2 Å². The van der Waals surface area contributed by atoms with Crippen molar-refractivity contribution in [1.29, 1.82) is 0 Å². The van der Waals surface area contributed by atoms with E-state index >= 15 is 0 Å². The first-order valence-corrected chi connectivity index (χ1v) is 10.1. The molecule has 2 rings (SSSR count). The van der Waals surface area contributed by atoms with Crippen molar-refractivity contribution >= 4 is 5.97 Å². The molecule has 0 saturated carbocycles. The molecule has 0 aliphatic heterocycles. The monoisotopic (exact) mass is 409 g/mol. The quantitative estimate of drug-likeness (QED) is 0.424. The Kier molecular flexibility index (Phi) is 8.70. The van der Waals surface area contributed by atoms with Crippen LogP contribution in [-0.4, -0.2) is 32.4 Å². The van der Waals surface area contributed by atoms with Crippen molar-refractivity contribution in [3.63, 3.8) is 0 Å². The van der Waals surface area contributed by atoms with Crippen molar-refractivity contribution in [2.75, 3.05) is 6.61 Å². The third-order valence-corrected chi connectivity index (χ3v) is 5.08. The van der Waals surface area contributed by atoms with Crippen molar-refractivity contribution < 1.29 is 23.4 Å². The lowest BCUT2D eigenvalue weighted by Crippen LogP contribution is -2.43. The van der Waals surface area contributed by atoms with Gasteiger partial charge in [0.2, 0.25) is 0 Å². The molecule has 8 heteroatoms. The average Bonchev–Trinajstić information content (AvgIpc) is 3.19. The van der Waals surface area contributed by atoms with Gasteiger partial charge in [0.25, 0.3) is 0 Å². The first-order valence-electron chi connectivity index (χ1n) is 10.1. The maximum Gasteiger partial charge on any atom is 0.312 e. The lowest BCUT2D eigenvalue weighted by Gasteiger charge is -2.33. The van der Waals surface area contributed by atoms with Crippen LogP contribution in [0.5, 0.6) is 0 Å². The molecule has 2 aromatic rings. The molecule has 0 bridgehead atoms. The minimum atomic E-state index is -1.98. The Hall–Kier alpha value is -2.35. The standard InChI is InChI=1S/C21H29F2N3O3/c1-3-4-5-6-7-8-11-29-20(27)16(2)21(28,13-26-15-24-14-25-26)18-10-9-17(22)12-19(18)23/h9-10,12,14-16,28H,3-8,11,13H2,1-2H3. The normalized spacial score (nSPS) is 14.4. The van der Waals surface area contributed by atoms with Gasteiger partial charge in [0.05, 0.1) is 19.1 Å². The van der Waals surface area contributed by atoms with Crippen molar-refractivity contribution in [3.8, 4) is 0 Å². The highest BCUT2D eigenvalue weighted by molar-refractivity contribution is 5.74. The molecule has 6 nitrogen and oxygen atoms in total. The number of ether oxygens (including phenoxy) is 1. The predicted molar refractivity (Wildman–Crippen MR) is 104 cm³/mol. The third-order valence-electron chi connectivity index (χ3n) is 5.08. The van der Waals surface area contributed by atoms with Gasteiger partial charge < -0.3 is 9.84 Å². The van der Waals surface area contributed by atoms with E-state index in [2.05, 4.69) is 17.0 Å². The lowest BCUT2D eigenvalue weighted by atomic mass is 9.81. The highest BCUT2D eigenvalue weighted by atomic mass is 19.1. The van der Waals surface area contributed by atoms with Gasteiger partial charge >= 0.3 is 5.97 Å². The zero-order valence-corrected chi connectivity index (χ0v) is 17.0. The van der Waals surface area contributed by atoms with Crippen molar-refractivity contribution in [2.24, 2.45) is 5.92 Å². The van der Waals surface area contributed by atoms with E-state index < -0.39 is 29.1 Å². The Balaban J connectivity index is 2.08. The number of aliphatic hydroxyl groups is 1. The van der Waals surface area contributed by atoms with E-state index in [9.17, 15) is 18.7 Å². The van der Waals surface area contributed by atoms with Crippen LogP contribution in [0.2, 0.25) is 0 Å². The van der Waals surface area contributed by atoms with E-state index in [4.69, 9.17) is 4.74 Å². The van der Waals surface area contributed by atoms with Crippen LogP contribution in [0.25, 0.3) is 0 Å². The van der Waals surface area contributed by atoms with Gasteiger partial charge in [-0.05, 0) is 19.4 Å². The largest absolute Gasteiger partial charge is 0.465 e. The number of esters is 1. The number of aromatic nitrogens is 3. The molecule has 2 unspecified atom stereocenters. The maximum absolute atomic E-state index is 14.5. The number of nitrogens with zero attached hydrogens (tertiary/aromatic N) is 3. The van der Waals surface area contributed by atoms with E-state index in [0.29, 0.717) is 6.07 Å². The summed E-state index contributed by atoms with van der Waals surface area (Å²) in [5.74, 6) is -3.47. The second-order valence-corrected chi connectivity index (χ2v) is 7.30. The van der Waals surface area contributed by atoms with Crippen LogP contribution in [0.1, 0.15) is 57.9 Å². The molecule has 160 valence electrons. The molecular formula is C21H29F2N3O3. The van der Waals surface area contributed by atoms with Gasteiger partial charge in [0.15, 0.2) is 0 Å². The Bertz CT molecular complexity index is 771. The number of hydrogen-bond donors (Lipinski definition) is 1. The zero-order chi connectivity index (χ0) is 21.3. The van der Waals surface area contributed by atoms with Crippen LogP contribution in [-0.2, 0) is 21.7 Å². The van der Waals surface area contributed by atoms with Crippen LogP contribution in [0.4, 0.5) is 8.78 Å². The number of unbranched alkanes of at least 4 members (excludes halogenated alkanes) is 5. The Morgan fingerprint density at radius 3 is 2.62 bits per heavy atom. The maximum atomic E-state index is 14.5. The summed E-state index contributed by atoms with van der Waals surface area (Å²) < 4.78 is 34.4. The molecular weight excluding hydrogens is 380 g/mol. The third kappa shape index (κ3) is 6.32. The molecule has 1 N–H and O–H groups in total. The number of hydrogen-bond acceptors (Lipinski definition) is 5. The van der Waals surface area contributed by atoms with E-state index in [1.165, 1.54) is 30.7 Å². The van der Waals surface area contributed by atoms with Gasteiger partial charge in [-0.25, -0.2) is 18.4 Å². The van der Waals surface area contributed by atoms with E-state index in [-0.39, 0.29) is 18.7 Å². The number of carbonyl (C=O) groups excluding carboxylic acids is 1. The van der Waals surface area contributed by atoms with Gasteiger partial charge in [0.1, 0.15) is 29.9 Å². The SMILES string of the molecule is CCCCCCCCOC(=O)C(C)C(O)(Cn1cncn1)c1ccc(F)cc1F. The lowest BCUT2D eigenvalue weighted by molar-refractivity contribution is -0.160. The zero-order valence-electron chi connectivity index (χ0n) is 17.0. The van der Waals surface area contributed by atoms with Crippen molar-refractivity contribution in [3.05, 3.63) is 48.1 Å². The fraction of sp³-hybridized carbons (Fsp3) is 0.571. The summed E-state index contributed by atoms with van der Waals surface area (Å²) in [5.41, 5.74) is -2.18. The molecule has 0 amide bonds. The van der Waals surface area contributed by atoms with E-state index in [0.717, 1.165) is 44.2 Å². The summed E-state index contributed by atoms with van der Waals surface area (Å²) in [7, 11) is 0. The van der Waals surface area contributed by atoms with E-state index in [1.54, 1.807) is 0 Å². The molecule has 0 radical (unpaired) electrons. The van der Waals surface area contributed by atoms with Crippen LogP contribution < -0.4 is 0 Å².